The van der Waals surface area contributed by atoms with Crippen molar-refractivity contribution in [2.75, 3.05) is 20.7 Å². The SMILES string of the molecule is COC(=O)C(CCN(C)C(C)C(C)C)NC1CC1. The van der Waals surface area contributed by atoms with Crippen molar-refractivity contribution >= 4 is 5.97 Å². The van der Waals surface area contributed by atoms with Gasteiger partial charge < -0.3 is 15.0 Å². The third-order valence-electron chi connectivity index (χ3n) is 3.93. The van der Waals surface area contributed by atoms with E-state index >= 15 is 0 Å². The lowest BCUT2D eigenvalue weighted by atomic mass is 10.0. The molecule has 106 valence electrons. The van der Waals surface area contributed by atoms with E-state index in [0.29, 0.717) is 18.0 Å². The van der Waals surface area contributed by atoms with Gasteiger partial charge in [0.15, 0.2) is 0 Å². The summed E-state index contributed by atoms with van der Waals surface area (Å²) in [5.74, 6) is 0.496. The van der Waals surface area contributed by atoms with Crippen LogP contribution in [0.25, 0.3) is 0 Å². The summed E-state index contributed by atoms with van der Waals surface area (Å²) in [7, 11) is 3.58. The maximum Gasteiger partial charge on any atom is 0.322 e. The largest absolute Gasteiger partial charge is 0.468 e. The number of hydrogen-bond acceptors (Lipinski definition) is 4. The van der Waals surface area contributed by atoms with Crippen molar-refractivity contribution in [2.45, 2.75) is 58.2 Å². The number of hydrogen-bond donors (Lipinski definition) is 1. The van der Waals surface area contributed by atoms with E-state index in [2.05, 4.69) is 38.0 Å². The third-order valence-corrected chi connectivity index (χ3v) is 3.93. The second-order valence-corrected chi connectivity index (χ2v) is 5.77. The molecule has 0 aliphatic heterocycles. The number of nitrogens with one attached hydrogen (secondary N) is 1. The standard InChI is InChI=1S/C14H28N2O2/c1-10(2)11(3)16(4)9-8-13(14(17)18-5)15-12-6-7-12/h10-13,15H,6-9H2,1-5H3. The minimum absolute atomic E-state index is 0.132. The molecule has 1 rings (SSSR count). The summed E-state index contributed by atoms with van der Waals surface area (Å²) >= 11 is 0. The lowest BCUT2D eigenvalue weighted by Crippen LogP contribution is -2.43. The van der Waals surface area contributed by atoms with Crippen molar-refractivity contribution in [3.8, 4) is 0 Å². The first-order valence-corrected chi connectivity index (χ1v) is 6.99. The van der Waals surface area contributed by atoms with Gasteiger partial charge in [-0.15, -0.1) is 0 Å². The zero-order chi connectivity index (χ0) is 13.7. The summed E-state index contributed by atoms with van der Waals surface area (Å²) in [5, 5.41) is 3.36. The van der Waals surface area contributed by atoms with Gasteiger partial charge in [0.05, 0.1) is 7.11 Å². The highest BCUT2D eigenvalue weighted by atomic mass is 16.5. The van der Waals surface area contributed by atoms with E-state index in [1.807, 2.05) is 0 Å². The number of methoxy groups -OCH3 is 1. The molecule has 0 heterocycles. The molecule has 0 amide bonds. The van der Waals surface area contributed by atoms with Gasteiger partial charge in [-0.2, -0.15) is 0 Å². The number of esters is 1. The quantitative estimate of drug-likeness (QED) is 0.671. The van der Waals surface area contributed by atoms with Crippen LogP contribution in [0, 0.1) is 5.92 Å². The Kier molecular flexibility index (Phi) is 6.09. The van der Waals surface area contributed by atoms with Gasteiger partial charge in [-0.25, -0.2) is 0 Å². The molecule has 4 heteroatoms. The predicted octanol–water partition coefficient (Wildman–Crippen LogP) is 1.65. The van der Waals surface area contributed by atoms with Crippen LogP contribution in [-0.2, 0) is 9.53 Å². The zero-order valence-electron chi connectivity index (χ0n) is 12.4. The van der Waals surface area contributed by atoms with Gasteiger partial charge in [0.2, 0.25) is 0 Å². The van der Waals surface area contributed by atoms with Gasteiger partial charge in [0.25, 0.3) is 0 Å². The van der Waals surface area contributed by atoms with Crippen LogP contribution in [0.2, 0.25) is 0 Å². The van der Waals surface area contributed by atoms with Gasteiger partial charge in [-0.05, 0) is 39.2 Å². The van der Waals surface area contributed by atoms with Crippen molar-refractivity contribution < 1.29 is 9.53 Å². The van der Waals surface area contributed by atoms with E-state index in [-0.39, 0.29) is 12.0 Å². The van der Waals surface area contributed by atoms with Gasteiger partial charge >= 0.3 is 5.97 Å². The molecule has 18 heavy (non-hydrogen) atoms. The first kappa shape index (κ1) is 15.4. The Morgan fingerprint density at radius 3 is 2.44 bits per heavy atom. The van der Waals surface area contributed by atoms with Crippen LogP contribution in [-0.4, -0.2) is 49.7 Å². The lowest BCUT2D eigenvalue weighted by Gasteiger charge is -2.29. The minimum atomic E-state index is -0.149. The summed E-state index contributed by atoms with van der Waals surface area (Å²) in [6, 6.07) is 0.912. The fourth-order valence-electron chi connectivity index (χ4n) is 1.99. The Balaban J connectivity index is 2.37. The molecule has 1 aliphatic rings. The molecule has 0 saturated heterocycles. The fourth-order valence-corrected chi connectivity index (χ4v) is 1.99. The molecular weight excluding hydrogens is 228 g/mol. The molecule has 1 N–H and O–H groups in total. The lowest BCUT2D eigenvalue weighted by molar-refractivity contribution is -0.143. The molecule has 0 aromatic rings. The van der Waals surface area contributed by atoms with E-state index in [0.717, 1.165) is 13.0 Å². The van der Waals surface area contributed by atoms with Gasteiger partial charge in [-0.1, -0.05) is 13.8 Å². The molecule has 1 saturated carbocycles. The Morgan fingerprint density at radius 1 is 1.39 bits per heavy atom. The number of carbonyl (C=O) groups is 1. The van der Waals surface area contributed by atoms with E-state index in [4.69, 9.17) is 4.74 Å². The molecule has 1 aliphatic carbocycles. The van der Waals surface area contributed by atoms with Crippen LogP contribution in [0.1, 0.15) is 40.0 Å². The average Bonchev–Trinajstić information content (AvgIpc) is 3.15. The summed E-state index contributed by atoms with van der Waals surface area (Å²) < 4.78 is 4.86. The Bertz CT molecular complexity index is 265. The fraction of sp³-hybridized carbons (Fsp3) is 0.929. The normalized spacial score (nSPS) is 19.1. The first-order valence-electron chi connectivity index (χ1n) is 6.99. The summed E-state index contributed by atoms with van der Waals surface area (Å²) in [4.78, 5) is 14.0. The summed E-state index contributed by atoms with van der Waals surface area (Å²) in [6.07, 6.45) is 3.19. The average molecular weight is 256 g/mol. The molecule has 2 atom stereocenters. The van der Waals surface area contributed by atoms with Crippen molar-refractivity contribution in [1.82, 2.24) is 10.2 Å². The number of carbonyl (C=O) groups excluding carboxylic acids is 1. The van der Waals surface area contributed by atoms with Crippen LogP contribution in [0.15, 0.2) is 0 Å². The Hall–Kier alpha value is -0.610. The highest BCUT2D eigenvalue weighted by Crippen LogP contribution is 2.20. The first-order chi connectivity index (χ1) is 8.45. The zero-order valence-corrected chi connectivity index (χ0v) is 12.4. The van der Waals surface area contributed by atoms with Crippen molar-refractivity contribution in [2.24, 2.45) is 5.92 Å². The van der Waals surface area contributed by atoms with Crippen molar-refractivity contribution in [1.29, 1.82) is 0 Å². The van der Waals surface area contributed by atoms with Gasteiger partial charge in [0.1, 0.15) is 6.04 Å². The van der Waals surface area contributed by atoms with Crippen LogP contribution in [0.4, 0.5) is 0 Å². The summed E-state index contributed by atoms with van der Waals surface area (Å²) in [6.45, 7) is 7.59. The highest BCUT2D eigenvalue weighted by Gasteiger charge is 2.29. The maximum absolute atomic E-state index is 11.7. The van der Waals surface area contributed by atoms with Crippen LogP contribution < -0.4 is 5.32 Å². The van der Waals surface area contributed by atoms with Gasteiger partial charge in [-0.3, -0.25) is 4.79 Å². The van der Waals surface area contributed by atoms with Crippen LogP contribution in [0.5, 0.6) is 0 Å². The maximum atomic E-state index is 11.7. The minimum Gasteiger partial charge on any atom is -0.468 e. The van der Waals surface area contributed by atoms with Gasteiger partial charge in [0, 0.05) is 18.6 Å². The molecule has 0 radical (unpaired) electrons. The topological polar surface area (TPSA) is 41.6 Å². The summed E-state index contributed by atoms with van der Waals surface area (Å²) in [5.41, 5.74) is 0. The molecule has 1 fully saturated rings. The van der Waals surface area contributed by atoms with Crippen molar-refractivity contribution in [3.05, 3.63) is 0 Å². The molecule has 0 bridgehead atoms. The Labute approximate surface area is 111 Å². The van der Waals surface area contributed by atoms with E-state index in [9.17, 15) is 4.79 Å². The Morgan fingerprint density at radius 2 is 2.00 bits per heavy atom. The second kappa shape index (κ2) is 7.10. The predicted molar refractivity (Wildman–Crippen MR) is 73.5 cm³/mol. The van der Waals surface area contributed by atoms with Crippen LogP contribution in [0.3, 0.4) is 0 Å². The van der Waals surface area contributed by atoms with E-state index in [1.54, 1.807) is 0 Å². The smallest absolute Gasteiger partial charge is 0.322 e. The number of nitrogens with zero attached hydrogens (tertiary/aromatic N) is 1. The van der Waals surface area contributed by atoms with E-state index in [1.165, 1.54) is 20.0 Å². The molecule has 0 aromatic heterocycles. The molecule has 0 spiro atoms. The third kappa shape index (κ3) is 4.94. The highest BCUT2D eigenvalue weighted by molar-refractivity contribution is 5.75. The van der Waals surface area contributed by atoms with Crippen molar-refractivity contribution in [3.63, 3.8) is 0 Å². The van der Waals surface area contributed by atoms with E-state index < -0.39 is 0 Å². The molecule has 4 nitrogen and oxygen atoms in total. The second-order valence-electron chi connectivity index (χ2n) is 5.77. The number of rotatable bonds is 8. The molecule has 2 unspecified atom stereocenters. The number of ether oxygens (including phenoxy) is 1. The van der Waals surface area contributed by atoms with Crippen LogP contribution >= 0.6 is 0 Å². The molecule has 0 aromatic carbocycles. The monoisotopic (exact) mass is 256 g/mol. The molecular formula is C14H28N2O2.